The van der Waals surface area contributed by atoms with Crippen molar-refractivity contribution in [2.75, 3.05) is 6.61 Å². The standard InChI is InChI=1S/C21H20FNO2P/c1-4-25-26(24)14-13-20-21(15(2)3)18-7-5-6-8-19(18)23(20)17-11-9-16(22)10-12-17/h5-12,15H,4H2,1-3H3/q+1. The van der Waals surface area contributed by atoms with Crippen LogP contribution in [0.4, 0.5) is 4.39 Å². The second-order valence-electron chi connectivity index (χ2n) is 6.16. The van der Waals surface area contributed by atoms with Crippen molar-refractivity contribution in [1.29, 1.82) is 0 Å². The molecule has 3 aromatic rings. The molecule has 0 aliphatic rings. The first kappa shape index (κ1) is 18.3. The van der Waals surface area contributed by atoms with Gasteiger partial charge in [-0.1, -0.05) is 32.0 Å². The van der Waals surface area contributed by atoms with Crippen LogP contribution < -0.4 is 0 Å². The Kier molecular flexibility index (Phi) is 5.52. The molecule has 0 saturated heterocycles. The fourth-order valence-electron chi connectivity index (χ4n) is 3.08. The average Bonchev–Trinajstić information content (AvgIpc) is 2.95. The van der Waals surface area contributed by atoms with Crippen LogP contribution in [0.2, 0.25) is 0 Å². The SMILES string of the molecule is CCO[P+](=O)C#Cc1c(C(C)C)c2ccccc2n1-c1ccc(F)cc1. The molecular weight excluding hydrogens is 348 g/mol. The molecule has 5 heteroatoms. The zero-order valence-electron chi connectivity index (χ0n) is 15.0. The van der Waals surface area contributed by atoms with Crippen LogP contribution in [0.3, 0.4) is 0 Å². The smallest absolute Gasteiger partial charge is 0.302 e. The summed E-state index contributed by atoms with van der Waals surface area (Å²) in [7, 11) is -2.04. The van der Waals surface area contributed by atoms with Crippen molar-refractivity contribution in [3.63, 3.8) is 0 Å². The van der Waals surface area contributed by atoms with E-state index in [-0.39, 0.29) is 11.7 Å². The van der Waals surface area contributed by atoms with Crippen molar-refractivity contribution < 1.29 is 13.5 Å². The van der Waals surface area contributed by atoms with E-state index >= 15 is 0 Å². The van der Waals surface area contributed by atoms with Gasteiger partial charge >= 0.3 is 8.03 Å². The second kappa shape index (κ2) is 7.83. The predicted octanol–water partition coefficient (Wildman–Crippen LogP) is 5.98. The summed E-state index contributed by atoms with van der Waals surface area (Å²) < 4.78 is 32.4. The highest BCUT2D eigenvalue weighted by molar-refractivity contribution is 7.45. The van der Waals surface area contributed by atoms with E-state index in [1.807, 2.05) is 22.8 Å². The fraction of sp³-hybridized carbons (Fsp3) is 0.238. The molecular formula is C21H20FNO2P+. The molecule has 0 amide bonds. The van der Waals surface area contributed by atoms with Gasteiger partial charge in [-0.2, -0.15) is 0 Å². The lowest BCUT2D eigenvalue weighted by molar-refractivity contribution is 0.358. The summed E-state index contributed by atoms with van der Waals surface area (Å²) in [6.45, 7) is 6.33. The van der Waals surface area contributed by atoms with Gasteiger partial charge in [-0.15, -0.1) is 4.52 Å². The summed E-state index contributed by atoms with van der Waals surface area (Å²) in [6, 6.07) is 14.3. The van der Waals surface area contributed by atoms with Crippen molar-refractivity contribution in [3.05, 3.63) is 65.6 Å². The van der Waals surface area contributed by atoms with Crippen LogP contribution in [0, 0.1) is 17.4 Å². The van der Waals surface area contributed by atoms with E-state index in [1.165, 1.54) is 12.1 Å². The molecule has 1 unspecified atom stereocenters. The van der Waals surface area contributed by atoms with E-state index in [1.54, 1.807) is 19.1 Å². The summed E-state index contributed by atoms with van der Waals surface area (Å²) in [5.74, 6) is 2.99. The molecule has 2 aromatic carbocycles. The summed E-state index contributed by atoms with van der Waals surface area (Å²) in [6.07, 6.45) is 0. The Labute approximate surface area is 153 Å². The summed E-state index contributed by atoms with van der Waals surface area (Å²) in [5.41, 5.74) is 6.36. The van der Waals surface area contributed by atoms with Gasteiger partial charge < -0.3 is 4.57 Å². The molecule has 1 aromatic heterocycles. The lowest BCUT2D eigenvalue weighted by atomic mass is 9.99. The molecule has 1 atom stereocenters. The molecule has 0 radical (unpaired) electrons. The van der Waals surface area contributed by atoms with Gasteiger partial charge in [0.15, 0.2) is 0 Å². The number of benzene rings is 2. The Bertz CT molecular complexity index is 1010. The van der Waals surface area contributed by atoms with Crippen molar-refractivity contribution >= 4 is 18.9 Å². The molecule has 132 valence electrons. The van der Waals surface area contributed by atoms with Gasteiger partial charge in [0, 0.05) is 17.0 Å². The summed E-state index contributed by atoms with van der Waals surface area (Å²) >= 11 is 0. The lowest BCUT2D eigenvalue weighted by Crippen LogP contribution is -2.00. The number of nitrogens with zero attached hydrogens (tertiary/aromatic N) is 1. The molecule has 0 aliphatic heterocycles. The highest BCUT2D eigenvalue weighted by Crippen LogP contribution is 2.34. The average molecular weight is 368 g/mol. The Balaban J connectivity index is 2.31. The van der Waals surface area contributed by atoms with Gasteiger partial charge in [-0.25, -0.2) is 4.39 Å². The third-order valence-electron chi connectivity index (χ3n) is 4.09. The van der Waals surface area contributed by atoms with Gasteiger partial charge in [0.2, 0.25) is 5.66 Å². The van der Waals surface area contributed by atoms with Gasteiger partial charge in [0.25, 0.3) is 0 Å². The van der Waals surface area contributed by atoms with Gasteiger partial charge in [0.05, 0.1) is 5.52 Å². The van der Waals surface area contributed by atoms with Crippen molar-refractivity contribution in [1.82, 2.24) is 4.57 Å². The van der Waals surface area contributed by atoms with E-state index in [0.29, 0.717) is 6.61 Å². The van der Waals surface area contributed by atoms with Crippen LogP contribution in [0.15, 0.2) is 48.5 Å². The van der Waals surface area contributed by atoms with Crippen molar-refractivity contribution in [2.45, 2.75) is 26.7 Å². The van der Waals surface area contributed by atoms with Crippen LogP contribution in [0.5, 0.6) is 0 Å². The van der Waals surface area contributed by atoms with E-state index in [2.05, 4.69) is 31.5 Å². The van der Waals surface area contributed by atoms with Gasteiger partial charge in [-0.3, -0.25) is 0 Å². The number of hydrogen-bond donors (Lipinski definition) is 0. The summed E-state index contributed by atoms with van der Waals surface area (Å²) in [4.78, 5) is 0. The van der Waals surface area contributed by atoms with Crippen LogP contribution in [0.1, 0.15) is 37.9 Å². The lowest BCUT2D eigenvalue weighted by Gasteiger charge is -2.09. The van der Waals surface area contributed by atoms with Crippen molar-refractivity contribution in [3.8, 4) is 17.3 Å². The topological polar surface area (TPSA) is 31.2 Å². The van der Waals surface area contributed by atoms with Crippen LogP contribution >= 0.6 is 8.03 Å². The van der Waals surface area contributed by atoms with Crippen molar-refractivity contribution in [2.24, 2.45) is 0 Å². The molecule has 26 heavy (non-hydrogen) atoms. The number of aromatic nitrogens is 1. The molecule has 0 N–H and O–H groups in total. The maximum Gasteiger partial charge on any atom is 0.604 e. The monoisotopic (exact) mass is 368 g/mol. The normalized spacial score (nSPS) is 11.5. The number of hydrogen-bond acceptors (Lipinski definition) is 2. The van der Waals surface area contributed by atoms with E-state index in [9.17, 15) is 8.96 Å². The van der Waals surface area contributed by atoms with Gasteiger partial charge in [-0.05, 0) is 53.3 Å². The number of fused-ring (bicyclic) bond motifs is 1. The molecule has 0 bridgehead atoms. The molecule has 0 spiro atoms. The first-order valence-corrected chi connectivity index (χ1v) is 9.71. The number of para-hydroxylation sites is 1. The zero-order chi connectivity index (χ0) is 18.7. The molecule has 0 aliphatic carbocycles. The fourth-order valence-corrected chi connectivity index (χ4v) is 3.58. The minimum Gasteiger partial charge on any atom is -0.302 e. The van der Waals surface area contributed by atoms with Crippen LogP contribution in [0.25, 0.3) is 16.6 Å². The Morgan fingerprint density at radius 3 is 2.50 bits per heavy atom. The third kappa shape index (κ3) is 3.55. The van der Waals surface area contributed by atoms with E-state index in [4.69, 9.17) is 4.52 Å². The largest absolute Gasteiger partial charge is 0.604 e. The predicted molar refractivity (Wildman–Crippen MR) is 103 cm³/mol. The highest BCUT2D eigenvalue weighted by Gasteiger charge is 2.21. The minimum absolute atomic E-state index is 0.218. The maximum atomic E-state index is 13.4. The molecule has 0 fully saturated rings. The molecule has 0 saturated carbocycles. The Morgan fingerprint density at radius 1 is 1.15 bits per heavy atom. The molecule has 3 nitrogen and oxygen atoms in total. The zero-order valence-corrected chi connectivity index (χ0v) is 15.9. The van der Waals surface area contributed by atoms with E-state index < -0.39 is 8.03 Å². The minimum atomic E-state index is -2.04. The molecule has 1 heterocycles. The first-order valence-electron chi connectivity index (χ1n) is 8.54. The first-order chi connectivity index (χ1) is 12.5. The molecule has 3 rings (SSSR count). The highest BCUT2D eigenvalue weighted by atomic mass is 31.1. The quantitative estimate of drug-likeness (QED) is 0.419. The van der Waals surface area contributed by atoms with Crippen LogP contribution in [-0.4, -0.2) is 11.2 Å². The Morgan fingerprint density at radius 2 is 1.85 bits per heavy atom. The third-order valence-corrected chi connectivity index (χ3v) is 4.88. The van der Waals surface area contributed by atoms with E-state index in [0.717, 1.165) is 27.8 Å². The van der Waals surface area contributed by atoms with Crippen LogP contribution in [-0.2, 0) is 9.09 Å². The summed E-state index contributed by atoms with van der Waals surface area (Å²) in [5, 5.41) is 1.09. The number of halogens is 1. The number of rotatable bonds is 4. The van der Waals surface area contributed by atoms with Gasteiger partial charge in [0.1, 0.15) is 18.1 Å². The second-order valence-corrected chi connectivity index (χ2v) is 7.15. The Hall–Kier alpha value is -2.47. The maximum absolute atomic E-state index is 13.4.